The van der Waals surface area contributed by atoms with Crippen LogP contribution in [0.5, 0.6) is 0 Å². The molecule has 0 spiro atoms. The van der Waals surface area contributed by atoms with E-state index >= 15 is 0 Å². The minimum atomic E-state index is -0.931. The van der Waals surface area contributed by atoms with Crippen molar-refractivity contribution in [3.05, 3.63) is 29.3 Å². The molecule has 0 aliphatic carbocycles. The topological polar surface area (TPSA) is 86.8 Å². The second-order valence-corrected chi connectivity index (χ2v) is 5.66. The molecule has 1 fully saturated rings. The summed E-state index contributed by atoms with van der Waals surface area (Å²) < 4.78 is 0. The number of hydrogen-bond acceptors (Lipinski definition) is 5. The molecule has 7 heteroatoms. The molecule has 0 radical (unpaired) electrons. The molecule has 1 unspecified atom stereocenters. The third-order valence-corrected chi connectivity index (χ3v) is 4.33. The van der Waals surface area contributed by atoms with E-state index in [0.29, 0.717) is 23.4 Å². The second-order valence-electron chi connectivity index (χ2n) is 5.66. The summed E-state index contributed by atoms with van der Waals surface area (Å²) in [6, 6.07) is 4.16. The summed E-state index contributed by atoms with van der Waals surface area (Å²) in [5, 5.41) is 2.19. The van der Waals surface area contributed by atoms with Crippen LogP contribution in [-0.2, 0) is 9.59 Å². The molecule has 7 nitrogen and oxygen atoms in total. The SMILES string of the molecule is CC.CC.CCN(C)c1cccc2c1C(=O)N(C1CCC(=O)NC1=O)C2=O. The number of carbonyl (C=O) groups is 4. The fourth-order valence-electron chi connectivity index (χ4n) is 2.99. The molecule has 1 aromatic carbocycles. The minimum Gasteiger partial charge on any atom is -0.374 e. The maximum absolute atomic E-state index is 12.8. The van der Waals surface area contributed by atoms with Crippen LogP contribution in [0.1, 0.15) is 68.2 Å². The second kappa shape index (κ2) is 9.85. The number of nitrogens with zero attached hydrogens (tertiary/aromatic N) is 2. The van der Waals surface area contributed by atoms with Crippen molar-refractivity contribution in [1.82, 2.24) is 10.2 Å². The highest BCUT2D eigenvalue weighted by Crippen LogP contribution is 2.33. The van der Waals surface area contributed by atoms with E-state index in [1.807, 2.05) is 46.6 Å². The number of hydrogen-bond donors (Lipinski definition) is 1. The van der Waals surface area contributed by atoms with E-state index in [9.17, 15) is 19.2 Å². The first kappa shape index (κ1) is 22.3. The zero-order valence-electron chi connectivity index (χ0n) is 17.0. The number of imide groups is 2. The Morgan fingerprint density at radius 1 is 1.07 bits per heavy atom. The van der Waals surface area contributed by atoms with Gasteiger partial charge in [0.05, 0.1) is 16.8 Å². The van der Waals surface area contributed by atoms with Gasteiger partial charge < -0.3 is 4.90 Å². The first-order valence-corrected chi connectivity index (χ1v) is 9.51. The van der Waals surface area contributed by atoms with Gasteiger partial charge in [-0.05, 0) is 25.5 Å². The lowest BCUT2D eigenvalue weighted by atomic mass is 10.0. The Kier molecular flexibility index (Phi) is 8.15. The number of nitrogens with one attached hydrogen (secondary N) is 1. The standard InChI is InChI=1S/C16H17N3O4.2C2H6/c1-3-18(2)10-6-4-5-9-13(10)16(23)19(15(9)22)11-7-8-12(20)17-14(11)21;2*1-2/h4-6,11H,3,7-8H2,1-2H3,(H,17,20,21);2*1-2H3. The van der Waals surface area contributed by atoms with Crippen LogP contribution in [-0.4, -0.2) is 48.2 Å². The molecule has 0 bridgehead atoms. The monoisotopic (exact) mass is 375 g/mol. The Balaban J connectivity index is 0.000000855. The maximum Gasteiger partial charge on any atom is 0.264 e. The van der Waals surface area contributed by atoms with Gasteiger partial charge in [-0.25, -0.2) is 0 Å². The molecule has 27 heavy (non-hydrogen) atoms. The fourth-order valence-corrected chi connectivity index (χ4v) is 2.99. The summed E-state index contributed by atoms with van der Waals surface area (Å²) in [7, 11) is 1.84. The number of benzene rings is 1. The lowest BCUT2D eigenvalue weighted by molar-refractivity contribution is -0.136. The predicted molar refractivity (Wildman–Crippen MR) is 105 cm³/mol. The highest BCUT2D eigenvalue weighted by atomic mass is 16.2. The van der Waals surface area contributed by atoms with Crippen LogP contribution in [0.25, 0.3) is 0 Å². The minimum absolute atomic E-state index is 0.117. The molecule has 2 aliphatic rings. The molecular formula is C20H29N3O4. The normalized spacial score (nSPS) is 18.0. The van der Waals surface area contributed by atoms with E-state index in [0.717, 1.165) is 4.90 Å². The highest BCUT2D eigenvalue weighted by Gasteiger charge is 2.45. The lowest BCUT2D eigenvalue weighted by Gasteiger charge is -2.28. The van der Waals surface area contributed by atoms with E-state index in [1.54, 1.807) is 18.2 Å². The summed E-state index contributed by atoms with van der Waals surface area (Å²) in [5.74, 6) is -1.93. The molecule has 2 heterocycles. The molecule has 2 aliphatic heterocycles. The van der Waals surface area contributed by atoms with Gasteiger partial charge in [0.2, 0.25) is 11.8 Å². The molecule has 1 aromatic rings. The quantitative estimate of drug-likeness (QED) is 0.821. The third kappa shape index (κ3) is 4.18. The summed E-state index contributed by atoms with van der Waals surface area (Å²) in [4.78, 5) is 51.6. The van der Waals surface area contributed by atoms with Crippen molar-refractivity contribution in [3.8, 4) is 0 Å². The Bertz CT molecular complexity index is 730. The molecule has 1 atom stereocenters. The number of rotatable bonds is 3. The third-order valence-electron chi connectivity index (χ3n) is 4.33. The molecule has 4 amide bonds. The number of carbonyl (C=O) groups excluding carboxylic acids is 4. The van der Waals surface area contributed by atoms with Gasteiger partial charge in [-0.2, -0.15) is 0 Å². The van der Waals surface area contributed by atoms with Gasteiger partial charge in [-0.3, -0.25) is 29.4 Å². The molecule has 1 saturated heterocycles. The van der Waals surface area contributed by atoms with Gasteiger partial charge in [-0.15, -0.1) is 0 Å². The molecule has 1 N–H and O–H groups in total. The Hall–Kier alpha value is -2.70. The zero-order chi connectivity index (χ0) is 20.7. The zero-order valence-corrected chi connectivity index (χ0v) is 17.0. The summed E-state index contributed by atoms with van der Waals surface area (Å²) in [6.07, 6.45) is 0.278. The highest BCUT2D eigenvalue weighted by molar-refractivity contribution is 6.25. The average molecular weight is 375 g/mol. The predicted octanol–water partition coefficient (Wildman–Crippen LogP) is 2.60. The Labute approximate surface area is 160 Å². The van der Waals surface area contributed by atoms with Crippen molar-refractivity contribution in [2.24, 2.45) is 0 Å². The average Bonchev–Trinajstić information content (AvgIpc) is 2.95. The fraction of sp³-hybridized carbons (Fsp3) is 0.500. The summed E-state index contributed by atoms with van der Waals surface area (Å²) >= 11 is 0. The van der Waals surface area contributed by atoms with Gasteiger partial charge in [0.25, 0.3) is 11.8 Å². The van der Waals surface area contributed by atoms with Crippen molar-refractivity contribution in [3.63, 3.8) is 0 Å². The first-order valence-electron chi connectivity index (χ1n) is 9.51. The van der Waals surface area contributed by atoms with Crippen LogP contribution >= 0.6 is 0 Å². The van der Waals surface area contributed by atoms with Crippen molar-refractivity contribution in [2.75, 3.05) is 18.5 Å². The smallest absolute Gasteiger partial charge is 0.264 e. The van der Waals surface area contributed by atoms with E-state index in [2.05, 4.69) is 5.32 Å². The van der Waals surface area contributed by atoms with Crippen LogP contribution in [0.4, 0.5) is 5.69 Å². The molecular weight excluding hydrogens is 346 g/mol. The molecule has 0 saturated carbocycles. The number of anilines is 1. The summed E-state index contributed by atoms with van der Waals surface area (Å²) in [5.41, 5.74) is 1.29. The first-order chi connectivity index (χ1) is 13.0. The van der Waals surface area contributed by atoms with Gasteiger partial charge in [0.15, 0.2) is 0 Å². The van der Waals surface area contributed by atoms with E-state index < -0.39 is 23.8 Å². The van der Waals surface area contributed by atoms with Crippen LogP contribution in [0.3, 0.4) is 0 Å². The van der Waals surface area contributed by atoms with Crippen LogP contribution < -0.4 is 10.2 Å². The van der Waals surface area contributed by atoms with Crippen LogP contribution in [0.2, 0.25) is 0 Å². The largest absolute Gasteiger partial charge is 0.374 e. The number of fused-ring (bicyclic) bond motifs is 1. The van der Waals surface area contributed by atoms with E-state index in [4.69, 9.17) is 0 Å². The van der Waals surface area contributed by atoms with E-state index in [1.165, 1.54) is 0 Å². The van der Waals surface area contributed by atoms with Crippen molar-refractivity contribution < 1.29 is 19.2 Å². The Morgan fingerprint density at radius 2 is 1.70 bits per heavy atom. The lowest BCUT2D eigenvalue weighted by Crippen LogP contribution is -2.54. The van der Waals surface area contributed by atoms with Gasteiger partial charge in [-0.1, -0.05) is 33.8 Å². The maximum atomic E-state index is 12.8. The molecule has 0 aromatic heterocycles. The van der Waals surface area contributed by atoms with Crippen molar-refractivity contribution >= 4 is 29.3 Å². The Morgan fingerprint density at radius 3 is 2.26 bits per heavy atom. The number of piperidine rings is 1. The van der Waals surface area contributed by atoms with Crippen molar-refractivity contribution in [1.29, 1.82) is 0 Å². The van der Waals surface area contributed by atoms with Gasteiger partial charge in [0, 0.05) is 20.0 Å². The van der Waals surface area contributed by atoms with Crippen molar-refractivity contribution in [2.45, 2.75) is 53.5 Å². The van der Waals surface area contributed by atoms with Crippen LogP contribution in [0.15, 0.2) is 18.2 Å². The van der Waals surface area contributed by atoms with Gasteiger partial charge >= 0.3 is 0 Å². The summed E-state index contributed by atoms with van der Waals surface area (Å²) in [6.45, 7) is 10.6. The molecule has 148 valence electrons. The van der Waals surface area contributed by atoms with Gasteiger partial charge in [0.1, 0.15) is 6.04 Å². The van der Waals surface area contributed by atoms with Crippen LogP contribution in [0, 0.1) is 0 Å². The number of amides is 4. The van der Waals surface area contributed by atoms with E-state index in [-0.39, 0.29) is 18.7 Å². The molecule has 3 rings (SSSR count).